The molecule has 1 aromatic heterocycles. The molecule has 0 aromatic carbocycles. The average Bonchev–Trinajstić information content (AvgIpc) is 3.42. The molecule has 0 aliphatic heterocycles. The van der Waals surface area contributed by atoms with Crippen LogP contribution < -0.4 is 5.43 Å². The van der Waals surface area contributed by atoms with Crippen LogP contribution in [0, 0.1) is 5.92 Å². The number of rotatable bonds is 11. The number of carboxylic acids is 1. The Hall–Kier alpha value is -1.99. The molecule has 2 atom stereocenters. The summed E-state index contributed by atoms with van der Waals surface area (Å²) >= 11 is 0. The highest BCUT2D eigenvalue weighted by atomic mass is 16.5. The molecule has 7 nitrogen and oxygen atoms in total. The second-order valence-corrected chi connectivity index (χ2v) is 6.82. The number of H-pyrrole nitrogens is 1. The number of hydrogen-bond donors (Lipinski definition) is 2. The lowest BCUT2D eigenvalue weighted by molar-refractivity contribution is 0.0545. The fourth-order valence-corrected chi connectivity index (χ4v) is 2.79. The first-order valence-corrected chi connectivity index (χ1v) is 9.06. The van der Waals surface area contributed by atoms with Gasteiger partial charge in [0, 0.05) is 39.0 Å². The van der Waals surface area contributed by atoms with E-state index in [0.29, 0.717) is 31.2 Å². The van der Waals surface area contributed by atoms with Crippen molar-refractivity contribution in [3.8, 4) is 0 Å². The molecule has 2 unspecified atom stereocenters. The van der Waals surface area contributed by atoms with E-state index in [9.17, 15) is 9.59 Å². The molecule has 1 fully saturated rings. The first-order chi connectivity index (χ1) is 12.4. The van der Waals surface area contributed by atoms with E-state index in [0.717, 1.165) is 12.1 Å². The predicted octanol–water partition coefficient (Wildman–Crippen LogP) is 2.49. The molecule has 7 heteroatoms. The number of aromatic nitrogens is 1. The molecule has 0 saturated heterocycles. The highest BCUT2D eigenvalue weighted by molar-refractivity contribution is 6.00. The van der Waals surface area contributed by atoms with Crippen molar-refractivity contribution in [1.29, 1.82) is 0 Å². The molecular weight excluding hydrogens is 336 g/mol. The van der Waals surface area contributed by atoms with Crippen molar-refractivity contribution in [3.05, 3.63) is 33.7 Å². The minimum Gasteiger partial charge on any atom is -0.477 e. The number of aromatic carboxylic acids is 1. The van der Waals surface area contributed by atoms with Gasteiger partial charge in [-0.25, -0.2) is 4.79 Å². The van der Waals surface area contributed by atoms with E-state index in [4.69, 9.17) is 19.6 Å². The number of carbonyl (C=O) groups is 1. The third-order valence-electron chi connectivity index (χ3n) is 4.49. The first-order valence-electron chi connectivity index (χ1n) is 9.06. The van der Waals surface area contributed by atoms with Crippen molar-refractivity contribution in [2.45, 2.75) is 51.7 Å². The second kappa shape index (κ2) is 9.64. The van der Waals surface area contributed by atoms with Gasteiger partial charge in [-0.2, -0.15) is 0 Å². The molecule has 144 valence electrons. The van der Waals surface area contributed by atoms with Crippen LogP contribution in [0.4, 0.5) is 0 Å². The third-order valence-corrected chi connectivity index (χ3v) is 4.49. The lowest BCUT2D eigenvalue weighted by Crippen LogP contribution is -2.22. The van der Waals surface area contributed by atoms with Crippen molar-refractivity contribution in [1.82, 2.24) is 4.98 Å². The van der Waals surface area contributed by atoms with E-state index < -0.39 is 11.4 Å². The average molecular weight is 364 g/mol. The molecule has 2 rings (SSSR count). The molecule has 1 heterocycles. The van der Waals surface area contributed by atoms with E-state index in [1.165, 1.54) is 25.1 Å². The smallest absolute Gasteiger partial charge is 0.341 e. The van der Waals surface area contributed by atoms with Crippen LogP contribution in [0.25, 0.3) is 0 Å². The number of carboxylic acid groups (broad SMARTS) is 1. The Morgan fingerprint density at radius 2 is 2.12 bits per heavy atom. The Labute approximate surface area is 153 Å². The Morgan fingerprint density at radius 1 is 1.38 bits per heavy atom. The number of ether oxygens (including phenoxy) is 2. The number of hydrogen-bond acceptors (Lipinski definition) is 5. The Morgan fingerprint density at radius 3 is 2.69 bits per heavy atom. The van der Waals surface area contributed by atoms with Crippen molar-refractivity contribution in [2.75, 3.05) is 20.3 Å². The molecule has 1 aliphatic carbocycles. The van der Waals surface area contributed by atoms with Gasteiger partial charge < -0.3 is 19.6 Å². The van der Waals surface area contributed by atoms with Gasteiger partial charge in [-0.3, -0.25) is 9.79 Å². The molecule has 0 bridgehead atoms. The summed E-state index contributed by atoms with van der Waals surface area (Å²) in [6.07, 6.45) is 4.88. The van der Waals surface area contributed by atoms with Gasteiger partial charge in [0.2, 0.25) is 0 Å². The predicted molar refractivity (Wildman–Crippen MR) is 99.3 cm³/mol. The van der Waals surface area contributed by atoms with Crippen LogP contribution in [0.1, 0.15) is 55.6 Å². The van der Waals surface area contributed by atoms with Crippen LogP contribution in [-0.2, 0) is 9.47 Å². The summed E-state index contributed by atoms with van der Waals surface area (Å²) in [5, 5.41) is 9.03. The van der Waals surface area contributed by atoms with Gasteiger partial charge in [-0.1, -0.05) is 0 Å². The monoisotopic (exact) mass is 364 g/mol. The van der Waals surface area contributed by atoms with E-state index in [1.54, 1.807) is 7.11 Å². The number of pyridine rings is 1. The van der Waals surface area contributed by atoms with Crippen molar-refractivity contribution >= 4 is 11.7 Å². The van der Waals surface area contributed by atoms with Gasteiger partial charge in [-0.15, -0.1) is 0 Å². The molecule has 1 saturated carbocycles. The summed E-state index contributed by atoms with van der Waals surface area (Å²) in [6, 6.07) is 1.49. The van der Waals surface area contributed by atoms with Crippen LogP contribution >= 0.6 is 0 Å². The highest BCUT2D eigenvalue weighted by Gasteiger charge is 2.28. The van der Waals surface area contributed by atoms with Crippen LogP contribution in [0.3, 0.4) is 0 Å². The molecular formula is C19H28N2O5. The van der Waals surface area contributed by atoms with Gasteiger partial charge >= 0.3 is 5.97 Å². The van der Waals surface area contributed by atoms with E-state index >= 15 is 0 Å². The Balaban J connectivity index is 2.14. The molecule has 1 aliphatic rings. The summed E-state index contributed by atoms with van der Waals surface area (Å²) in [4.78, 5) is 30.8. The normalized spacial score (nSPS) is 17.1. The Kier molecular flexibility index (Phi) is 7.53. The number of nitrogens with zero attached hydrogens (tertiary/aromatic N) is 1. The third kappa shape index (κ3) is 6.07. The van der Waals surface area contributed by atoms with Gasteiger partial charge in [0.05, 0.1) is 23.6 Å². The Bertz CT molecular complexity index is 693. The summed E-state index contributed by atoms with van der Waals surface area (Å²) in [6.45, 7) is 5.28. The van der Waals surface area contributed by atoms with Crippen LogP contribution in [0.2, 0.25) is 0 Å². The summed E-state index contributed by atoms with van der Waals surface area (Å²) in [7, 11) is 1.66. The minimum atomic E-state index is -1.24. The first kappa shape index (κ1) is 20.3. The zero-order valence-corrected chi connectivity index (χ0v) is 15.7. The maximum atomic E-state index is 12.0. The fraction of sp³-hybridized carbons (Fsp3) is 0.632. The number of aliphatic imine (C=N–C) groups is 1. The SMILES string of the molecule is COCCCOC(C)CC(=NC(C)C1CC1)c1cc(=O)c(C(=O)O)c[nH]1. The maximum Gasteiger partial charge on any atom is 0.341 e. The summed E-state index contributed by atoms with van der Waals surface area (Å²) in [5.74, 6) is -0.648. The van der Waals surface area contributed by atoms with Gasteiger partial charge in [-0.05, 0) is 39.0 Å². The standard InChI is InChI=1S/C19H28N2O5/c1-12(26-8-4-7-25-3)9-17(21-13(2)14-5-6-14)16-10-18(22)15(11-20-16)19(23)24/h10-14H,4-9H2,1-3H3,(H,20,22)(H,23,24). The molecule has 2 N–H and O–H groups in total. The van der Waals surface area contributed by atoms with Crippen LogP contribution in [0.15, 0.2) is 22.1 Å². The highest BCUT2D eigenvalue weighted by Crippen LogP contribution is 2.34. The minimum absolute atomic E-state index is 0.0698. The summed E-state index contributed by atoms with van der Waals surface area (Å²) in [5.41, 5.74) is 0.511. The second-order valence-electron chi connectivity index (χ2n) is 6.82. The topological polar surface area (TPSA) is 101 Å². The largest absolute Gasteiger partial charge is 0.477 e. The maximum absolute atomic E-state index is 12.0. The molecule has 1 aromatic rings. The van der Waals surface area contributed by atoms with Gasteiger partial charge in [0.15, 0.2) is 5.43 Å². The lowest BCUT2D eigenvalue weighted by atomic mass is 10.1. The van der Waals surface area contributed by atoms with Gasteiger partial charge in [0.25, 0.3) is 0 Å². The lowest BCUT2D eigenvalue weighted by Gasteiger charge is -2.17. The number of aromatic amines is 1. The van der Waals surface area contributed by atoms with Gasteiger partial charge in [0.1, 0.15) is 5.56 Å². The number of nitrogens with one attached hydrogen (secondary N) is 1. The molecule has 0 radical (unpaired) electrons. The van der Waals surface area contributed by atoms with Crippen molar-refractivity contribution in [2.24, 2.45) is 10.9 Å². The quantitative estimate of drug-likeness (QED) is 0.464. The van der Waals surface area contributed by atoms with E-state index in [-0.39, 0.29) is 17.7 Å². The van der Waals surface area contributed by atoms with E-state index in [1.807, 2.05) is 6.92 Å². The zero-order chi connectivity index (χ0) is 19.1. The molecule has 0 amide bonds. The molecule has 26 heavy (non-hydrogen) atoms. The van der Waals surface area contributed by atoms with Crippen LogP contribution in [-0.4, -0.2) is 54.2 Å². The fourth-order valence-electron chi connectivity index (χ4n) is 2.79. The van der Waals surface area contributed by atoms with Crippen molar-refractivity contribution in [3.63, 3.8) is 0 Å². The molecule has 0 spiro atoms. The van der Waals surface area contributed by atoms with Crippen molar-refractivity contribution < 1.29 is 19.4 Å². The zero-order valence-electron chi connectivity index (χ0n) is 15.7. The summed E-state index contributed by atoms with van der Waals surface area (Å²) < 4.78 is 10.8. The van der Waals surface area contributed by atoms with E-state index in [2.05, 4.69) is 11.9 Å². The number of methoxy groups -OCH3 is 1. The van der Waals surface area contributed by atoms with Crippen LogP contribution in [0.5, 0.6) is 0 Å².